The monoisotopic (exact) mass is 244 g/mol. The molecule has 1 aliphatic rings. The van der Waals surface area contributed by atoms with E-state index in [1.807, 2.05) is 6.92 Å². The maximum atomic E-state index is 11.9. The van der Waals surface area contributed by atoms with Crippen LogP contribution in [0.4, 0.5) is 0 Å². The van der Waals surface area contributed by atoms with E-state index in [1.165, 1.54) is 0 Å². The van der Waals surface area contributed by atoms with E-state index in [9.17, 15) is 9.59 Å². The molecule has 1 aliphatic carbocycles. The summed E-state index contributed by atoms with van der Waals surface area (Å²) in [6.07, 6.45) is 6.25. The standard InChI is InChI=1S/C15H16O3/c1-2-15(9-10-15)13(16)8-5-11-3-6-12(7-4-11)14(17)18/h3-8H,2,9-10H2,1H3,(H,17,18)/b8-5+. The Kier molecular flexibility index (Phi) is 3.32. The summed E-state index contributed by atoms with van der Waals surface area (Å²) in [7, 11) is 0. The van der Waals surface area contributed by atoms with Gasteiger partial charge in [-0.25, -0.2) is 4.79 Å². The normalized spacial score (nSPS) is 16.7. The lowest BCUT2D eigenvalue weighted by atomic mass is 9.97. The van der Waals surface area contributed by atoms with Crippen LogP contribution < -0.4 is 0 Å². The van der Waals surface area contributed by atoms with Crippen molar-refractivity contribution in [3.63, 3.8) is 0 Å². The van der Waals surface area contributed by atoms with Crippen molar-refractivity contribution in [2.45, 2.75) is 26.2 Å². The van der Waals surface area contributed by atoms with Crippen molar-refractivity contribution in [2.75, 3.05) is 0 Å². The van der Waals surface area contributed by atoms with Gasteiger partial charge in [0.05, 0.1) is 5.56 Å². The van der Waals surface area contributed by atoms with Crippen LogP contribution >= 0.6 is 0 Å². The summed E-state index contributed by atoms with van der Waals surface area (Å²) in [5, 5.41) is 8.77. The predicted octanol–water partition coefficient (Wildman–Crippen LogP) is 3.16. The molecule has 3 heteroatoms. The molecule has 0 heterocycles. The largest absolute Gasteiger partial charge is 0.478 e. The third-order valence-corrected chi connectivity index (χ3v) is 3.64. The van der Waals surface area contributed by atoms with E-state index in [4.69, 9.17) is 5.11 Å². The van der Waals surface area contributed by atoms with Gasteiger partial charge in [0, 0.05) is 5.41 Å². The highest BCUT2D eigenvalue weighted by Crippen LogP contribution is 2.49. The van der Waals surface area contributed by atoms with Crippen LogP contribution in [0, 0.1) is 5.41 Å². The minimum absolute atomic E-state index is 0.0997. The molecule has 0 radical (unpaired) electrons. The zero-order valence-corrected chi connectivity index (χ0v) is 10.3. The fourth-order valence-electron chi connectivity index (χ4n) is 2.01. The molecule has 1 saturated carbocycles. The second-order valence-corrected chi connectivity index (χ2v) is 4.76. The predicted molar refractivity (Wildman–Crippen MR) is 69.4 cm³/mol. The Balaban J connectivity index is 2.05. The first-order chi connectivity index (χ1) is 8.57. The first-order valence-corrected chi connectivity index (χ1v) is 6.13. The molecule has 0 bridgehead atoms. The highest BCUT2D eigenvalue weighted by atomic mass is 16.4. The van der Waals surface area contributed by atoms with E-state index < -0.39 is 5.97 Å². The van der Waals surface area contributed by atoms with Crippen molar-refractivity contribution in [2.24, 2.45) is 5.41 Å². The van der Waals surface area contributed by atoms with E-state index in [2.05, 4.69) is 0 Å². The third kappa shape index (κ3) is 2.50. The molecule has 0 aliphatic heterocycles. The Bertz CT molecular complexity index is 493. The first-order valence-electron chi connectivity index (χ1n) is 6.13. The molecule has 1 N–H and O–H groups in total. The van der Waals surface area contributed by atoms with Gasteiger partial charge < -0.3 is 5.11 Å². The number of allylic oxidation sites excluding steroid dienone is 1. The van der Waals surface area contributed by atoms with Crippen molar-refractivity contribution in [3.05, 3.63) is 41.5 Å². The molecule has 1 aromatic carbocycles. The van der Waals surface area contributed by atoms with Crippen molar-refractivity contribution < 1.29 is 14.7 Å². The number of aromatic carboxylic acids is 1. The average molecular weight is 244 g/mol. The van der Waals surface area contributed by atoms with Crippen molar-refractivity contribution in [1.82, 2.24) is 0 Å². The summed E-state index contributed by atoms with van der Waals surface area (Å²) in [6.45, 7) is 2.04. The van der Waals surface area contributed by atoms with E-state index >= 15 is 0 Å². The Labute approximate surface area is 106 Å². The van der Waals surface area contributed by atoms with E-state index in [1.54, 1.807) is 36.4 Å². The van der Waals surface area contributed by atoms with Gasteiger partial charge >= 0.3 is 5.97 Å². The number of hydrogen-bond donors (Lipinski definition) is 1. The highest BCUT2D eigenvalue weighted by Gasteiger charge is 2.46. The number of carboxylic acid groups (broad SMARTS) is 1. The number of carbonyl (C=O) groups is 2. The molecule has 0 amide bonds. The fraction of sp³-hybridized carbons (Fsp3) is 0.333. The smallest absolute Gasteiger partial charge is 0.335 e. The van der Waals surface area contributed by atoms with Crippen LogP contribution in [0.5, 0.6) is 0 Å². The topological polar surface area (TPSA) is 54.4 Å². The lowest BCUT2D eigenvalue weighted by Crippen LogP contribution is -2.11. The lowest BCUT2D eigenvalue weighted by Gasteiger charge is -2.06. The van der Waals surface area contributed by atoms with Crippen LogP contribution in [0.25, 0.3) is 6.08 Å². The van der Waals surface area contributed by atoms with Gasteiger partial charge in [0.1, 0.15) is 0 Å². The number of hydrogen-bond acceptors (Lipinski definition) is 2. The number of ketones is 1. The van der Waals surface area contributed by atoms with Crippen LogP contribution in [0.2, 0.25) is 0 Å². The van der Waals surface area contributed by atoms with Gasteiger partial charge in [0.25, 0.3) is 0 Å². The van der Waals surface area contributed by atoms with Gasteiger partial charge in [0.2, 0.25) is 0 Å². The molecule has 18 heavy (non-hydrogen) atoms. The molecule has 0 saturated heterocycles. The van der Waals surface area contributed by atoms with Crippen LogP contribution in [0.3, 0.4) is 0 Å². The van der Waals surface area contributed by atoms with Crippen LogP contribution in [0.15, 0.2) is 30.3 Å². The summed E-state index contributed by atoms with van der Waals surface area (Å²) >= 11 is 0. The lowest BCUT2D eigenvalue weighted by molar-refractivity contribution is -0.119. The Morgan fingerprint density at radius 3 is 2.33 bits per heavy atom. The first kappa shape index (κ1) is 12.6. The van der Waals surface area contributed by atoms with Gasteiger partial charge in [-0.1, -0.05) is 25.1 Å². The van der Waals surface area contributed by atoms with E-state index in [-0.39, 0.29) is 16.8 Å². The van der Waals surface area contributed by atoms with Crippen LogP contribution in [0.1, 0.15) is 42.1 Å². The minimum Gasteiger partial charge on any atom is -0.478 e. The molecule has 94 valence electrons. The van der Waals surface area contributed by atoms with Crippen molar-refractivity contribution in [3.8, 4) is 0 Å². The quantitative estimate of drug-likeness (QED) is 0.809. The van der Waals surface area contributed by atoms with E-state index in [0.717, 1.165) is 24.8 Å². The molecule has 0 atom stereocenters. The minimum atomic E-state index is -0.940. The summed E-state index contributed by atoms with van der Waals surface area (Å²) in [6, 6.07) is 6.50. The second-order valence-electron chi connectivity index (χ2n) is 4.76. The Morgan fingerprint density at radius 1 is 1.28 bits per heavy atom. The van der Waals surface area contributed by atoms with Gasteiger partial charge in [-0.2, -0.15) is 0 Å². The highest BCUT2D eigenvalue weighted by molar-refractivity contribution is 5.99. The summed E-state index contributed by atoms with van der Waals surface area (Å²) in [4.78, 5) is 22.6. The van der Waals surface area contributed by atoms with Gasteiger partial charge in [0.15, 0.2) is 5.78 Å². The molecule has 1 aromatic rings. The van der Waals surface area contributed by atoms with Gasteiger partial charge in [-0.05, 0) is 43.0 Å². The summed E-state index contributed by atoms with van der Waals surface area (Å²) in [5.74, 6) is -0.753. The average Bonchev–Trinajstić information content (AvgIpc) is 3.17. The molecular weight excluding hydrogens is 228 g/mol. The second kappa shape index (κ2) is 4.77. The molecule has 3 nitrogen and oxygen atoms in total. The molecule has 2 rings (SSSR count). The van der Waals surface area contributed by atoms with Crippen LogP contribution in [-0.2, 0) is 4.79 Å². The molecular formula is C15H16O3. The Morgan fingerprint density at radius 2 is 1.89 bits per heavy atom. The maximum absolute atomic E-state index is 11.9. The van der Waals surface area contributed by atoms with Gasteiger partial charge in [-0.3, -0.25) is 4.79 Å². The fourth-order valence-corrected chi connectivity index (χ4v) is 2.01. The Hall–Kier alpha value is -1.90. The maximum Gasteiger partial charge on any atom is 0.335 e. The number of benzene rings is 1. The van der Waals surface area contributed by atoms with Crippen molar-refractivity contribution in [1.29, 1.82) is 0 Å². The molecule has 0 spiro atoms. The molecule has 0 unspecified atom stereocenters. The zero-order chi connectivity index (χ0) is 13.2. The third-order valence-electron chi connectivity index (χ3n) is 3.64. The van der Waals surface area contributed by atoms with Crippen molar-refractivity contribution >= 4 is 17.8 Å². The van der Waals surface area contributed by atoms with Gasteiger partial charge in [-0.15, -0.1) is 0 Å². The number of carboxylic acids is 1. The molecule has 1 fully saturated rings. The summed E-state index contributed by atoms with van der Waals surface area (Å²) < 4.78 is 0. The van der Waals surface area contributed by atoms with Crippen LogP contribution in [-0.4, -0.2) is 16.9 Å². The SMILES string of the molecule is CCC1(C(=O)/C=C/c2ccc(C(=O)O)cc2)CC1. The molecule has 0 aromatic heterocycles. The van der Waals surface area contributed by atoms with E-state index in [0.29, 0.717) is 0 Å². The summed E-state index contributed by atoms with van der Waals surface area (Å²) in [5.41, 5.74) is 1.00. The number of carbonyl (C=O) groups excluding carboxylic acids is 1. The zero-order valence-electron chi connectivity index (χ0n) is 10.3. The number of rotatable bonds is 5.